The quantitative estimate of drug-likeness (QED) is 0.446. The standard InChI is InChI=1S/C22H21N3O5S2/c1-3-13-9-16(30-24-13)12(2)15-10-32-21-18(20(27)25(21)19(15)22(28)29)23-17(26)11-31-14-7-5-4-6-8-14/h4-9,18,21H,2-3,10-11H2,1H3,(H,23,26)(H,28,29)/t18-,21-/m1/s1. The number of amides is 2. The number of aryl methyl sites for hydroxylation is 1. The summed E-state index contributed by atoms with van der Waals surface area (Å²) in [5.74, 6) is -1.08. The Balaban J connectivity index is 1.46. The van der Waals surface area contributed by atoms with Gasteiger partial charge in [-0.2, -0.15) is 0 Å². The number of β-lactam (4-membered cyclic amide) rings is 1. The van der Waals surface area contributed by atoms with Gasteiger partial charge in [0, 0.05) is 27.9 Å². The minimum atomic E-state index is -1.22. The van der Waals surface area contributed by atoms with E-state index in [2.05, 4.69) is 17.1 Å². The van der Waals surface area contributed by atoms with Crippen molar-refractivity contribution in [3.05, 3.63) is 65.7 Å². The van der Waals surface area contributed by atoms with E-state index < -0.39 is 23.3 Å². The van der Waals surface area contributed by atoms with Crippen molar-refractivity contribution in [1.29, 1.82) is 0 Å². The molecule has 2 atom stereocenters. The highest BCUT2D eigenvalue weighted by atomic mass is 32.2. The molecule has 2 aromatic rings. The minimum Gasteiger partial charge on any atom is -0.477 e. The van der Waals surface area contributed by atoms with Gasteiger partial charge in [0.25, 0.3) is 5.91 Å². The van der Waals surface area contributed by atoms with Crippen molar-refractivity contribution in [2.75, 3.05) is 11.5 Å². The topological polar surface area (TPSA) is 113 Å². The molecule has 32 heavy (non-hydrogen) atoms. The maximum Gasteiger partial charge on any atom is 0.352 e. The lowest BCUT2D eigenvalue weighted by Gasteiger charge is -2.49. The Hall–Kier alpha value is -2.98. The maximum absolute atomic E-state index is 12.8. The molecular weight excluding hydrogens is 450 g/mol. The predicted molar refractivity (Wildman–Crippen MR) is 122 cm³/mol. The van der Waals surface area contributed by atoms with Crippen molar-refractivity contribution in [3.8, 4) is 0 Å². The van der Waals surface area contributed by atoms with Crippen LogP contribution in [0.3, 0.4) is 0 Å². The number of carbonyl (C=O) groups excluding carboxylic acids is 2. The van der Waals surface area contributed by atoms with Crippen LogP contribution in [0, 0.1) is 0 Å². The second-order valence-electron chi connectivity index (χ2n) is 7.20. The molecule has 2 N–H and O–H groups in total. The number of rotatable bonds is 8. The van der Waals surface area contributed by atoms with Crippen LogP contribution in [-0.4, -0.2) is 55.9 Å². The number of nitrogens with one attached hydrogen (secondary N) is 1. The highest BCUT2D eigenvalue weighted by Crippen LogP contribution is 2.43. The first-order valence-electron chi connectivity index (χ1n) is 9.94. The Morgan fingerprint density at radius 1 is 1.38 bits per heavy atom. The number of fused-ring (bicyclic) bond motifs is 1. The Kier molecular flexibility index (Phi) is 6.43. The SMILES string of the molecule is C=C(C1=C(C(=O)O)N2C(=O)[C@@H](NC(=O)CSc3ccccc3)[C@H]2SC1)c1cc(CC)no1. The molecule has 8 nitrogen and oxygen atoms in total. The average molecular weight is 472 g/mol. The van der Waals surface area contributed by atoms with Gasteiger partial charge < -0.3 is 14.9 Å². The van der Waals surface area contributed by atoms with E-state index in [1.54, 1.807) is 6.07 Å². The fourth-order valence-electron chi connectivity index (χ4n) is 3.50. The van der Waals surface area contributed by atoms with Gasteiger partial charge in [-0.05, 0) is 18.6 Å². The summed E-state index contributed by atoms with van der Waals surface area (Å²) in [5.41, 5.74) is 1.41. The number of nitrogens with zero attached hydrogens (tertiary/aromatic N) is 2. The first kappa shape index (κ1) is 22.2. The van der Waals surface area contributed by atoms with Crippen LogP contribution in [0.25, 0.3) is 5.57 Å². The van der Waals surface area contributed by atoms with E-state index in [0.29, 0.717) is 29.1 Å². The fraction of sp³-hybridized carbons (Fsp3) is 0.273. The number of thioether (sulfide) groups is 2. The van der Waals surface area contributed by atoms with Crippen LogP contribution < -0.4 is 5.32 Å². The number of hydrogen-bond donors (Lipinski definition) is 2. The van der Waals surface area contributed by atoms with Crippen LogP contribution in [0.1, 0.15) is 18.4 Å². The summed E-state index contributed by atoms with van der Waals surface area (Å²) in [5, 5.41) is 16.0. The van der Waals surface area contributed by atoms with Gasteiger partial charge in [0.05, 0.1) is 11.4 Å². The molecule has 0 saturated carbocycles. The molecule has 1 aromatic carbocycles. The molecule has 0 spiro atoms. The van der Waals surface area contributed by atoms with Crippen molar-refractivity contribution in [2.45, 2.75) is 29.7 Å². The lowest BCUT2D eigenvalue weighted by atomic mass is 9.98. The zero-order valence-electron chi connectivity index (χ0n) is 17.2. The van der Waals surface area contributed by atoms with Gasteiger partial charge in [0.1, 0.15) is 17.1 Å². The van der Waals surface area contributed by atoms with Crippen LogP contribution in [0.2, 0.25) is 0 Å². The number of carbonyl (C=O) groups is 3. The maximum atomic E-state index is 12.8. The van der Waals surface area contributed by atoms with Crippen LogP contribution in [0.4, 0.5) is 0 Å². The lowest BCUT2D eigenvalue weighted by Crippen LogP contribution is -2.70. The molecule has 0 bridgehead atoms. The average Bonchev–Trinajstić information content (AvgIpc) is 3.29. The molecule has 2 aliphatic rings. The molecule has 0 aliphatic carbocycles. The van der Waals surface area contributed by atoms with Crippen molar-refractivity contribution in [1.82, 2.24) is 15.4 Å². The molecule has 10 heteroatoms. The van der Waals surface area contributed by atoms with Gasteiger partial charge in [0.2, 0.25) is 5.91 Å². The molecule has 0 unspecified atom stereocenters. The molecule has 2 aliphatic heterocycles. The largest absolute Gasteiger partial charge is 0.477 e. The number of hydrogen-bond acceptors (Lipinski definition) is 7. The molecule has 166 valence electrons. The number of benzene rings is 1. The highest BCUT2D eigenvalue weighted by Gasteiger charge is 2.54. The van der Waals surface area contributed by atoms with Crippen molar-refractivity contribution < 1.29 is 24.0 Å². The minimum absolute atomic E-state index is 0.123. The molecule has 0 radical (unpaired) electrons. The third kappa shape index (κ3) is 4.20. The summed E-state index contributed by atoms with van der Waals surface area (Å²) in [6.45, 7) is 5.91. The monoisotopic (exact) mass is 471 g/mol. The summed E-state index contributed by atoms with van der Waals surface area (Å²) in [6, 6.07) is 10.4. The summed E-state index contributed by atoms with van der Waals surface area (Å²) >= 11 is 2.76. The van der Waals surface area contributed by atoms with E-state index in [1.807, 2.05) is 37.3 Å². The van der Waals surface area contributed by atoms with E-state index in [9.17, 15) is 19.5 Å². The third-order valence-corrected chi connectivity index (χ3v) is 7.48. The number of carboxylic acid groups (broad SMARTS) is 1. The van der Waals surface area contributed by atoms with Gasteiger partial charge >= 0.3 is 5.97 Å². The third-order valence-electron chi connectivity index (χ3n) is 5.18. The molecule has 2 amide bonds. The van der Waals surface area contributed by atoms with Gasteiger partial charge in [-0.25, -0.2) is 4.79 Å². The van der Waals surface area contributed by atoms with Gasteiger partial charge in [0.15, 0.2) is 5.76 Å². The Bertz CT molecular complexity index is 1110. The summed E-state index contributed by atoms with van der Waals surface area (Å²) in [7, 11) is 0. The van der Waals surface area contributed by atoms with Crippen LogP contribution in [0.5, 0.6) is 0 Å². The summed E-state index contributed by atoms with van der Waals surface area (Å²) in [6.07, 6.45) is 0.674. The summed E-state index contributed by atoms with van der Waals surface area (Å²) < 4.78 is 5.29. The lowest BCUT2D eigenvalue weighted by molar-refractivity contribution is -0.150. The predicted octanol–water partition coefficient (Wildman–Crippen LogP) is 2.78. The van der Waals surface area contributed by atoms with E-state index in [4.69, 9.17) is 4.52 Å². The second kappa shape index (κ2) is 9.25. The van der Waals surface area contributed by atoms with Crippen molar-refractivity contribution >= 4 is 46.9 Å². The number of aliphatic carboxylic acids is 1. The van der Waals surface area contributed by atoms with E-state index in [1.165, 1.54) is 28.4 Å². The van der Waals surface area contributed by atoms with E-state index in [0.717, 1.165) is 10.6 Å². The van der Waals surface area contributed by atoms with Gasteiger partial charge in [-0.15, -0.1) is 23.5 Å². The Morgan fingerprint density at radius 3 is 2.78 bits per heavy atom. The number of allylic oxidation sites excluding steroid dienone is 1. The van der Waals surface area contributed by atoms with Gasteiger partial charge in [-0.3, -0.25) is 14.5 Å². The molecule has 1 saturated heterocycles. The molecule has 4 rings (SSSR count). The summed E-state index contributed by atoms with van der Waals surface area (Å²) in [4.78, 5) is 39.4. The molecule has 1 aromatic heterocycles. The van der Waals surface area contributed by atoms with Crippen molar-refractivity contribution in [3.63, 3.8) is 0 Å². The van der Waals surface area contributed by atoms with Gasteiger partial charge in [-0.1, -0.05) is 36.9 Å². The molecular formula is C22H21N3O5S2. The number of carboxylic acids is 1. The normalized spacial score (nSPS) is 19.9. The Morgan fingerprint density at radius 2 is 2.12 bits per heavy atom. The zero-order chi connectivity index (χ0) is 22.8. The van der Waals surface area contributed by atoms with Crippen LogP contribution >= 0.6 is 23.5 Å². The smallest absolute Gasteiger partial charge is 0.352 e. The molecule has 1 fully saturated rings. The fourth-order valence-corrected chi connectivity index (χ4v) is 5.61. The van der Waals surface area contributed by atoms with Crippen LogP contribution in [0.15, 0.2) is 63.7 Å². The zero-order valence-corrected chi connectivity index (χ0v) is 18.9. The second-order valence-corrected chi connectivity index (χ2v) is 9.36. The van der Waals surface area contributed by atoms with E-state index >= 15 is 0 Å². The molecule has 3 heterocycles. The highest BCUT2D eigenvalue weighted by molar-refractivity contribution is 8.00. The van der Waals surface area contributed by atoms with E-state index in [-0.39, 0.29) is 17.4 Å². The Labute approximate surface area is 193 Å². The number of aromatic nitrogens is 1. The first-order chi connectivity index (χ1) is 15.4. The van der Waals surface area contributed by atoms with Crippen molar-refractivity contribution in [2.24, 2.45) is 0 Å². The first-order valence-corrected chi connectivity index (χ1v) is 12.0. The van der Waals surface area contributed by atoms with Crippen LogP contribution in [-0.2, 0) is 20.8 Å².